The molecule has 1 atom stereocenters. The molecule has 0 aromatic rings. The van der Waals surface area contributed by atoms with Gasteiger partial charge in [-0.2, -0.15) is 4.90 Å². The monoisotopic (exact) mass is 334 g/mol. The van der Waals surface area contributed by atoms with Crippen molar-refractivity contribution in [1.82, 2.24) is 10.2 Å². The van der Waals surface area contributed by atoms with E-state index in [0.717, 1.165) is 0 Å². The van der Waals surface area contributed by atoms with Gasteiger partial charge in [0.15, 0.2) is 0 Å². The summed E-state index contributed by atoms with van der Waals surface area (Å²) in [5.74, 6) is 15.1. The second kappa shape index (κ2) is 14.2. The van der Waals surface area contributed by atoms with E-state index in [1.807, 2.05) is 20.8 Å². The smallest absolute Gasteiger partial charge is 0.371 e. The molecule has 0 radical (unpaired) electrons. The molecule has 0 bridgehead atoms. The van der Waals surface area contributed by atoms with Gasteiger partial charge in [0, 0.05) is 56.3 Å². The molecule has 0 aliphatic heterocycles. The van der Waals surface area contributed by atoms with Gasteiger partial charge in [-0.25, -0.2) is 0 Å². The molecule has 1 unspecified atom stereocenters. The van der Waals surface area contributed by atoms with Crippen molar-refractivity contribution in [2.45, 2.75) is 59.8 Å². The highest BCUT2D eigenvalue weighted by Crippen LogP contribution is 2.07. The molecule has 25 heavy (non-hydrogen) atoms. The lowest BCUT2D eigenvalue weighted by Gasteiger charge is -2.21. The van der Waals surface area contributed by atoms with Crippen LogP contribution in [0.25, 0.3) is 0 Å². The highest BCUT2D eigenvalue weighted by Gasteiger charge is 2.31. The van der Waals surface area contributed by atoms with Crippen molar-refractivity contribution >= 4 is 0 Å². The van der Waals surface area contributed by atoms with E-state index >= 15 is 0 Å². The van der Waals surface area contributed by atoms with Gasteiger partial charge in [-0.05, 0) is 6.92 Å². The normalized spacial score (nSPS) is 9.48. The highest BCUT2D eigenvalue weighted by atomic mass is 16.7. The molecule has 0 aliphatic carbocycles. The standard InChI is InChI=1S/C21H22N2O2/c1-6-11-16-23(17-12-7-2)18-14-21(22-15-9-4,24-19-10-5)25-20-13-8-3/h22H,6-8H2,1-5H3. The van der Waals surface area contributed by atoms with Crippen LogP contribution in [0.1, 0.15) is 53.9 Å². The van der Waals surface area contributed by atoms with Gasteiger partial charge in [-0.1, -0.05) is 50.4 Å². The molecule has 4 nitrogen and oxygen atoms in total. The number of hydrogen-bond acceptors (Lipinski definition) is 4. The van der Waals surface area contributed by atoms with Crippen LogP contribution in [0, 0.1) is 71.9 Å². The summed E-state index contributed by atoms with van der Waals surface area (Å²) in [5, 5.41) is 2.74. The summed E-state index contributed by atoms with van der Waals surface area (Å²) in [7, 11) is 0. The molecule has 0 rings (SSSR count). The van der Waals surface area contributed by atoms with E-state index in [1.54, 1.807) is 13.8 Å². The minimum Gasteiger partial charge on any atom is -0.371 e. The van der Waals surface area contributed by atoms with Crippen LogP contribution >= 0.6 is 0 Å². The van der Waals surface area contributed by atoms with Gasteiger partial charge < -0.3 is 9.47 Å². The molecule has 0 heterocycles. The zero-order valence-corrected chi connectivity index (χ0v) is 15.4. The fourth-order valence-electron chi connectivity index (χ4n) is 1.13. The quantitative estimate of drug-likeness (QED) is 0.489. The van der Waals surface area contributed by atoms with Crippen LogP contribution in [0.15, 0.2) is 0 Å². The lowest BCUT2D eigenvalue weighted by molar-refractivity contribution is -0.119. The summed E-state index contributed by atoms with van der Waals surface area (Å²) in [6, 6.07) is 11.1. The molecule has 0 saturated heterocycles. The molecular formula is C21H22N2O2. The first-order valence-corrected chi connectivity index (χ1v) is 7.92. The molecule has 0 fully saturated rings. The third-order valence-electron chi connectivity index (χ3n) is 2.16. The molecule has 0 aromatic carbocycles. The number of hydrogen-bond donors (Lipinski definition) is 1. The van der Waals surface area contributed by atoms with Crippen LogP contribution in [0.4, 0.5) is 0 Å². The van der Waals surface area contributed by atoms with Crippen LogP contribution in [-0.2, 0) is 9.47 Å². The first-order valence-electron chi connectivity index (χ1n) is 7.92. The first kappa shape index (κ1) is 21.6. The number of nitrogens with one attached hydrogen (secondary N) is 1. The second-order valence-electron chi connectivity index (χ2n) is 4.16. The van der Waals surface area contributed by atoms with Gasteiger partial charge in [-0.3, -0.25) is 5.32 Å². The zero-order chi connectivity index (χ0) is 18.8. The molecule has 128 valence electrons. The predicted octanol–water partition coefficient (Wildman–Crippen LogP) is 2.60. The Hall–Kier alpha value is -3.44. The Bertz CT molecular complexity index is 731. The Morgan fingerprint density at radius 3 is 1.92 bits per heavy atom. The Balaban J connectivity index is 5.87. The Morgan fingerprint density at radius 2 is 1.40 bits per heavy atom. The third kappa shape index (κ3) is 10.0. The van der Waals surface area contributed by atoms with Gasteiger partial charge in [0.25, 0.3) is 0 Å². The van der Waals surface area contributed by atoms with Crippen LogP contribution in [0.2, 0.25) is 0 Å². The summed E-state index contributed by atoms with van der Waals surface area (Å²) in [4.78, 5) is 1.36. The minimum absolute atomic E-state index is 0.624. The molecular weight excluding hydrogens is 312 g/mol. The number of nitrogens with zero attached hydrogens (tertiary/aromatic N) is 1. The average Bonchev–Trinajstić information content (AvgIpc) is 2.64. The van der Waals surface area contributed by atoms with Crippen molar-refractivity contribution in [1.29, 1.82) is 0 Å². The van der Waals surface area contributed by atoms with E-state index in [1.165, 1.54) is 4.90 Å². The van der Waals surface area contributed by atoms with Gasteiger partial charge in [0.2, 0.25) is 0 Å². The fraction of sp³-hybridized carbons (Fsp3) is 0.429. The van der Waals surface area contributed by atoms with Crippen molar-refractivity contribution in [3.63, 3.8) is 0 Å². The Labute approximate surface area is 152 Å². The van der Waals surface area contributed by atoms with Crippen LogP contribution in [-0.4, -0.2) is 10.8 Å². The summed E-state index contributed by atoms with van der Waals surface area (Å²) >= 11 is 0. The SMILES string of the molecule is CC#CNC(C#CN(C#CCC)C#CCC)(OC#CC)OC#CCC. The fourth-order valence-corrected chi connectivity index (χ4v) is 1.13. The predicted molar refractivity (Wildman–Crippen MR) is 98.8 cm³/mol. The van der Waals surface area contributed by atoms with Crippen LogP contribution < -0.4 is 5.32 Å². The lowest BCUT2D eigenvalue weighted by atomic mass is 10.4. The first-order chi connectivity index (χ1) is 12.2. The van der Waals surface area contributed by atoms with E-state index in [4.69, 9.17) is 9.47 Å². The summed E-state index contributed by atoms with van der Waals surface area (Å²) in [5.41, 5.74) is 0. The summed E-state index contributed by atoms with van der Waals surface area (Å²) in [6.07, 6.45) is 7.01. The third-order valence-corrected chi connectivity index (χ3v) is 2.16. The number of rotatable bonds is 3. The van der Waals surface area contributed by atoms with E-state index in [-0.39, 0.29) is 0 Å². The van der Waals surface area contributed by atoms with Crippen molar-refractivity contribution in [2.75, 3.05) is 0 Å². The number of ether oxygens (including phenoxy) is 2. The molecule has 0 saturated carbocycles. The topological polar surface area (TPSA) is 33.7 Å². The lowest BCUT2D eigenvalue weighted by Crippen LogP contribution is -2.45. The maximum Gasteiger partial charge on any atom is 0.431 e. The van der Waals surface area contributed by atoms with E-state index in [0.29, 0.717) is 19.3 Å². The molecule has 0 aromatic heterocycles. The average molecular weight is 334 g/mol. The molecule has 0 amide bonds. The largest absolute Gasteiger partial charge is 0.431 e. The van der Waals surface area contributed by atoms with E-state index < -0.39 is 5.91 Å². The Kier molecular flexibility index (Phi) is 12.2. The van der Waals surface area contributed by atoms with Crippen molar-refractivity contribution in [2.24, 2.45) is 0 Å². The van der Waals surface area contributed by atoms with Gasteiger partial charge in [0.05, 0.1) is 0 Å². The second-order valence-corrected chi connectivity index (χ2v) is 4.16. The van der Waals surface area contributed by atoms with Crippen molar-refractivity contribution < 1.29 is 9.47 Å². The van der Waals surface area contributed by atoms with E-state index in [9.17, 15) is 0 Å². The van der Waals surface area contributed by atoms with Gasteiger partial charge in [0.1, 0.15) is 12.2 Å². The van der Waals surface area contributed by atoms with Crippen molar-refractivity contribution in [3.05, 3.63) is 0 Å². The molecule has 4 heteroatoms. The maximum absolute atomic E-state index is 5.44. The van der Waals surface area contributed by atoms with Gasteiger partial charge in [-0.15, -0.1) is 0 Å². The van der Waals surface area contributed by atoms with Crippen molar-refractivity contribution in [3.8, 4) is 71.9 Å². The molecule has 0 spiro atoms. The van der Waals surface area contributed by atoms with Crippen LogP contribution in [0.3, 0.4) is 0 Å². The van der Waals surface area contributed by atoms with Gasteiger partial charge >= 0.3 is 5.91 Å². The Morgan fingerprint density at radius 1 is 0.800 bits per heavy atom. The minimum atomic E-state index is -1.63. The molecule has 1 N–H and O–H groups in total. The molecule has 0 aliphatic rings. The maximum atomic E-state index is 5.44. The summed E-state index contributed by atoms with van der Waals surface area (Å²) < 4.78 is 10.8. The highest BCUT2D eigenvalue weighted by molar-refractivity contribution is 5.23. The van der Waals surface area contributed by atoms with E-state index in [2.05, 4.69) is 77.2 Å². The summed E-state index contributed by atoms with van der Waals surface area (Å²) in [6.45, 7) is 9.08. The zero-order valence-electron chi connectivity index (χ0n) is 15.4. The van der Waals surface area contributed by atoms with Crippen LogP contribution in [0.5, 0.6) is 0 Å².